The van der Waals surface area contributed by atoms with Crippen molar-refractivity contribution in [3.8, 4) is 0 Å². The molecule has 0 spiro atoms. The molecule has 3 N–H and O–H groups in total. The first kappa shape index (κ1) is 16.8. The van der Waals surface area contributed by atoms with Gasteiger partial charge in [0.05, 0.1) is 13.2 Å². The summed E-state index contributed by atoms with van der Waals surface area (Å²) in [5.74, 6) is -1.31. The summed E-state index contributed by atoms with van der Waals surface area (Å²) in [7, 11) is 0. The Labute approximate surface area is 129 Å². The molecule has 1 aromatic rings. The summed E-state index contributed by atoms with van der Waals surface area (Å²) in [5.41, 5.74) is 0.902. The van der Waals surface area contributed by atoms with Crippen LogP contribution >= 0.6 is 0 Å². The third kappa shape index (κ3) is 4.20. The number of hydrogen-bond donors (Lipinski definition) is 3. The molecule has 0 radical (unpaired) electrons. The Balaban J connectivity index is 2.11. The zero-order valence-corrected chi connectivity index (χ0v) is 12.7. The summed E-state index contributed by atoms with van der Waals surface area (Å²) >= 11 is 0. The van der Waals surface area contributed by atoms with E-state index < -0.39 is 29.9 Å². The Kier molecular flexibility index (Phi) is 5.42. The van der Waals surface area contributed by atoms with Gasteiger partial charge >= 0.3 is 0 Å². The van der Waals surface area contributed by atoms with Gasteiger partial charge in [0.1, 0.15) is 24.6 Å². The Bertz CT molecular complexity index is 499. The van der Waals surface area contributed by atoms with E-state index in [9.17, 15) is 10.2 Å². The smallest absolute Gasteiger partial charge is 0.163 e. The fourth-order valence-electron chi connectivity index (χ4n) is 2.27. The van der Waals surface area contributed by atoms with Crippen molar-refractivity contribution in [1.29, 1.82) is 0 Å². The van der Waals surface area contributed by atoms with Crippen molar-refractivity contribution < 1.29 is 29.5 Å². The van der Waals surface area contributed by atoms with Crippen LogP contribution in [0.25, 0.3) is 0 Å². The maximum absolute atomic E-state index is 10.1. The SMILES string of the molecule is CC1(C)OC[C@@H](O)[C@H]([C@H](OCc2ccccc2)/C(O)=C/O)O1. The zero-order chi connectivity index (χ0) is 16.2. The highest BCUT2D eigenvalue weighted by atomic mass is 16.7. The number of rotatable bonds is 5. The molecule has 1 aliphatic rings. The molecule has 0 saturated carbocycles. The van der Waals surface area contributed by atoms with E-state index in [4.69, 9.17) is 19.3 Å². The number of benzene rings is 1. The predicted octanol–water partition coefficient (Wildman–Crippen LogP) is 2.04. The highest BCUT2D eigenvalue weighted by Gasteiger charge is 2.42. The number of aliphatic hydroxyl groups excluding tert-OH is 3. The van der Waals surface area contributed by atoms with E-state index in [1.165, 1.54) is 0 Å². The third-order valence-electron chi connectivity index (χ3n) is 3.40. The van der Waals surface area contributed by atoms with Gasteiger partial charge in [-0.25, -0.2) is 0 Å². The van der Waals surface area contributed by atoms with Gasteiger partial charge in [0, 0.05) is 0 Å². The molecular formula is C16H22O6. The van der Waals surface area contributed by atoms with Crippen molar-refractivity contribution in [2.75, 3.05) is 6.61 Å². The molecule has 1 heterocycles. The lowest BCUT2D eigenvalue weighted by molar-refractivity contribution is -0.320. The average Bonchev–Trinajstić information content (AvgIpc) is 2.51. The molecule has 2 rings (SSSR count). The van der Waals surface area contributed by atoms with E-state index in [0.717, 1.165) is 5.56 Å². The quantitative estimate of drug-likeness (QED) is 0.721. The number of hydrogen-bond acceptors (Lipinski definition) is 6. The van der Waals surface area contributed by atoms with E-state index in [2.05, 4.69) is 0 Å². The monoisotopic (exact) mass is 310 g/mol. The van der Waals surface area contributed by atoms with Crippen LogP contribution in [-0.2, 0) is 20.8 Å². The van der Waals surface area contributed by atoms with Gasteiger partial charge in [-0.05, 0) is 19.4 Å². The molecule has 1 saturated heterocycles. The first-order valence-electron chi connectivity index (χ1n) is 7.11. The van der Waals surface area contributed by atoms with Gasteiger partial charge in [-0.3, -0.25) is 0 Å². The van der Waals surface area contributed by atoms with Crippen LogP contribution in [0, 0.1) is 0 Å². The van der Waals surface area contributed by atoms with E-state index >= 15 is 0 Å². The molecule has 0 unspecified atom stereocenters. The van der Waals surface area contributed by atoms with Crippen LogP contribution in [0.4, 0.5) is 0 Å². The fraction of sp³-hybridized carbons (Fsp3) is 0.500. The maximum Gasteiger partial charge on any atom is 0.163 e. The lowest BCUT2D eigenvalue weighted by Crippen LogP contribution is -2.54. The summed E-state index contributed by atoms with van der Waals surface area (Å²) < 4.78 is 16.7. The lowest BCUT2D eigenvalue weighted by atomic mass is 10.0. The molecule has 6 heteroatoms. The predicted molar refractivity (Wildman–Crippen MR) is 79.3 cm³/mol. The lowest BCUT2D eigenvalue weighted by Gasteiger charge is -2.41. The molecule has 0 aliphatic carbocycles. The van der Waals surface area contributed by atoms with E-state index in [1.54, 1.807) is 13.8 Å². The summed E-state index contributed by atoms with van der Waals surface area (Å²) in [6, 6.07) is 9.39. The highest BCUT2D eigenvalue weighted by Crippen LogP contribution is 2.28. The Hall–Kier alpha value is -1.60. The van der Waals surface area contributed by atoms with Crippen molar-refractivity contribution >= 4 is 0 Å². The van der Waals surface area contributed by atoms with Gasteiger partial charge in [-0.2, -0.15) is 0 Å². The number of ether oxygens (including phenoxy) is 3. The first-order chi connectivity index (χ1) is 10.4. The van der Waals surface area contributed by atoms with E-state index in [-0.39, 0.29) is 13.2 Å². The second-order valence-corrected chi connectivity index (χ2v) is 5.63. The topological polar surface area (TPSA) is 88.4 Å². The second-order valence-electron chi connectivity index (χ2n) is 5.63. The van der Waals surface area contributed by atoms with Gasteiger partial charge in [0.2, 0.25) is 0 Å². The van der Waals surface area contributed by atoms with Gasteiger partial charge in [0.15, 0.2) is 11.5 Å². The van der Waals surface area contributed by atoms with Crippen LogP contribution in [0.2, 0.25) is 0 Å². The average molecular weight is 310 g/mol. The molecule has 1 fully saturated rings. The van der Waals surface area contributed by atoms with Crippen LogP contribution < -0.4 is 0 Å². The minimum absolute atomic E-state index is 0.0571. The Morgan fingerprint density at radius 2 is 2.09 bits per heavy atom. The van der Waals surface area contributed by atoms with Crippen LogP contribution in [0.1, 0.15) is 19.4 Å². The van der Waals surface area contributed by atoms with Crippen molar-refractivity contribution in [2.45, 2.75) is 44.6 Å². The minimum Gasteiger partial charge on any atom is -0.512 e. The van der Waals surface area contributed by atoms with Crippen LogP contribution in [0.5, 0.6) is 0 Å². The fourth-order valence-corrected chi connectivity index (χ4v) is 2.27. The van der Waals surface area contributed by atoms with Crippen LogP contribution in [0.15, 0.2) is 42.4 Å². The van der Waals surface area contributed by atoms with Crippen LogP contribution in [0.3, 0.4) is 0 Å². The standard InChI is InChI=1S/C16H22O6/c1-16(2)21-10-13(19)15(22-16)14(12(18)8-17)20-9-11-6-4-3-5-7-11/h3-8,13-15,17-19H,9-10H2,1-2H3/b12-8-/t13-,14-,15-/m1/s1. The van der Waals surface area contributed by atoms with Crippen molar-refractivity contribution in [2.24, 2.45) is 0 Å². The molecule has 0 amide bonds. The highest BCUT2D eigenvalue weighted by molar-refractivity contribution is 5.14. The van der Waals surface area contributed by atoms with E-state index in [1.807, 2.05) is 30.3 Å². The summed E-state index contributed by atoms with van der Waals surface area (Å²) in [5, 5.41) is 29.0. The normalized spacial score (nSPS) is 26.6. The molecule has 122 valence electrons. The largest absolute Gasteiger partial charge is 0.512 e. The van der Waals surface area contributed by atoms with Crippen LogP contribution in [-0.4, -0.2) is 46.0 Å². The van der Waals surface area contributed by atoms with Crippen molar-refractivity contribution in [1.82, 2.24) is 0 Å². The molecular weight excluding hydrogens is 288 g/mol. The Morgan fingerprint density at radius 3 is 2.73 bits per heavy atom. The minimum atomic E-state index is -0.997. The molecule has 1 aromatic carbocycles. The molecule has 6 nitrogen and oxygen atoms in total. The second kappa shape index (κ2) is 7.11. The third-order valence-corrected chi connectivity index (χ3v) is 3.40. The summed E-state index contributed by atoms with van der Waals surface area (Å²) in [6.07, 6.45) is -2.27. The van der Waals surface area contributed by atoms with E-state index in [0.29, 0.717) is 6.26 Å². The molecule has 0 aromatic heterocycles. The van der Waals surface area contributed by atoms with Crippen molar-refractivity contribution in [3.05, 3.63) is 47.9 Å². The van der Waals surface area contributed by atoms with Gasteiger partial charge in [-0.1, -0.05) is 30.3 Å². The summed E-state index contributed by atoms with van der Waals surface area (Å²) in [6.45, 7) is 3.68. The summed E-state index contributed by atoms with van der Waals surface area (Å²) in [4.78, 5) is 0. The van der Waals surface area contributed by atoms with Gasteiger partial charge in [-0.15, -0.1) is 0 Å². The molecule has 0 bridgehead atoms. The maximum atomic E-state index is 10.1. The zero-order valence-electron chi connectivity index (χ0n) is 12.7. The van der Waals surface area contributed by atoms with Gasteiger partial charge < -0.3 is 29.5 Å². The molecule has 22 heavy (non-hydrogen) atoms. The Morgan fingerprint density at radius 1 is 1.41 bits per heavy atom. The first-order valence-corrected chi connectivity index (χ1v) is 7.11. The number of aliphatic hydroxyl groups is 3. The molecule has 3 atom stereocenters. The van der Waals surface area contributed by atoms with Crippen molar-refractivity contribution in [3.63, 3.8) is 0 Å². The van der Waals surface area contributed by atoms with Gasteiger partial charge in [0.25, 0.3) is 0 Å². The molecule has 1 aliphatic heterocycles.